The molecule has 1 aromatic rings. The Labute approximate surface area is 121 Å². The molecule has 1 aliphatic rings. The first-order valence-corrected chi connectivity index (χ1v) is 6.23. The molecule has 0 amide bonds. The molecule has 1 aliphatic heterocycles. The first kappa shape index (κ1) is 14.6. The molecule has 1 atom stereocenters. The number of aliphatic carboxylic acids is 2. The number of phenols is 1. The first-order chi connectivity index (χ1) is 9.75. The summed E-state index contributed by atoms with van der Waals surface area (Å²) in [6.07, 6.45) is 1.48. The lowest BCUT2D eigenvalue weighted by molar-refractivity contribution is -0.133. The van der Waals surface area contributed by atoms with E-state index in [0.29, 0.717) is 11.1 Å². The van der Waals surface area contributed by atoms with Gasteiger partial charge in [0.1, 0.15) is 17.1 Å². The van der Waals surface area contributed by atoms with Crippen LogP contribution in [0, 0.1) is 0 Å². The van der Waals surface area contributed by atoms with E-state index >= 15 is 0 Å². The van der Waals surface area contributed by atoms with Crippen molar-refractivity contribution < 1.29 is 24.9 Å². The Morgan fingerprint density at radius 2 is 1.67 bits per heavy atom. The quantitative estimate of drug-likeness (QED) is 0.673. The van der Waals surface area contributed by atoms with Crippen LogP contribution in [0.5, 0.6) is 5.75 Å². The van der Waals surface area contributed by atoms with Gasteiger partial charge < -0.3 is 20.6 Å². The van der Waals surface area contributed by atoms with Crippen molar-refractivity contribution in [3.05, 3.63) is 52.9 Å². The third kappa shape index (κ3) is 2.47. The fourth-order valence-corrected chi connectivity index (χ4v) is 2.36. The van der Waals surface area contributed by atoms with Crippen LogP contribution in [0.15, 0.2) is 47.3 Å². The van der Waals surface area contributed by atoms with Crippen molar-refractivity contribution in [3.8, 4) is 5.75 Å². The van der Waals surface area contributed by atoms with E-state index in [9.17, 15) is 19.8 Å². The molecule has 110 valence electrons. The summed E-state index contributed by atoms with van der Waals surface area (Å²) in [5, 5.41) is 30.2. The molecule has 0 spiro atoms. The van der Waals surface area contributed by atoms with Gasteiger partial charge in [0.05, 0.1) is 0 Å². The van der Waals surface area contributed by atoms with Crippen molar-refractivity contribution in [2.24, 2.45) is 0 Å². The molecule has 0 aromatic heterocycles. The molecule has 6 nitrogen and oxygen atoms in total. The van der Waals surface area contributed by atoms with E-state index in [1.165, 1.54) is 18.2 Å². The van der Waals surface area contributed by atoms with E-state index in [0.717, 1.165) is 0 Å². The Morgan fingerprint density at radius 3 is 2.14 bits per heavy atom. The second-order valence-corrected chi connectivity index (χ2v) is 5.04. The summed E-state index contributed by atoms with van der Waals surface area (Å²) < 4.78 is 0. The maximum absolute atomic E-state index is 11.3. The molecule has 6 heteroatoms. The van der Waals surface area contributed by atoms with Gasteiger partial charge in [0.2, 0.25) is 0 Å². The number of dihydropyridines is 1. The van der Waals surface area contributed by atoms with Crippen molar-refractivity contribution in [1.29, 1.82) is 0 Å². The minimum atomic E-state index is -1.23. The van der Waals surface area contributed by atoms with Crippen LogP contribution < -0.4 is 5.32 Å². The summed E-state index contributed by atoms with van der Waals surface area (Å²) >= 11 is 0. The number of carboxylic acids is 2. The average molecular weight is 289 g/mol. The fourth-order valence-electron chi connectivity index (χ4n) is 2.36. The topological polar surface area (TPSA) is 107 Å². The van der Waals surface area contributed by atoms with E-state index in [4.69, 9.17) is 5.11 Å². The molecule has 0 radical (unpaired) electrons. The third-order valence-electron chi connectivity index (χ3n) is 3.76. The number of benzene rings is 1. The van der Waals surface area contributed by atoms with Gasteiger partial charge in [-0.25, -0.2) is 9.59 Å². The number of carbonyl (C=O) groups is 2. The molecule has 0 bridgehead atoms. The van der Waals surface area contributed by atoms with Crippen molar-refractivity contribution in [1.82, 2.24) is 5.32 Å². The molecule has 0 aliphatic carbocycles. The highest BCUT2D eigenvalue weighted by molar-refractivity contribution is 5.94. The highest BCUT2D eigenvalue weighted by Crippen LogP contribution is 2.38. The zero-order chi connectivity index (χ0) is 15.8. The van der Waals surface area contributed by atoms with E-state index < -0.39 is 17.4 Å². The van der Waals surface area contributed by atoms with Crippen LogP contribution in [-0.4, -0.2) is 27.3 Å². The van der Waals surface area contributed by atoms with Gasteiger partial charge in [-0.3, -0.25) is 0 Å². The standard InChI is InChI=1S/C15H15NO5/c1-8-12(14(20)21)16-11(13(18)19)7-15(8,2)9-3-5-10(17)6-4-9/h3-7,16-17H,1-2H3,(H,18,19)(H,20,21). The molecule has 2 rings (SSSR count). The number of hydrogen-bond acceptors (Lipinski definition) is 4. The van der Waals surface area contributed by atoms with Gasteiger partial charge >= 0.3 is 11.9 Å². The molecule has 0 fully saturated rings. The highest BCUT2D eigenvalue weighted by Gasteiger charge is 2.36. The number of carboxylic acid groups (broad SMARTS) is 2. The van der Waals surface area contributed by atoms with Crippen LogP contribution in [0.25, 0.3) is 0 Å². The Balaban J connectivity index is 2.65. The van der Waals surface area contributed by atoms with Crippen LogP contribution in [0.4, 0.5) is 0 Å². The molecule has 1 aromatic carbocycles. The average Bonchev–Trinajstić information content (AvgIpc) is 2.41. The lowest BCUT2D eigenvalue weighted by Crippen LogP contribution is -2.37. The Morgan fingerprint density at radius 1 is 1.10 bits per heavy atom. The zero-order valence-corrected chi connectivity index (χ0v) is 11.5. The molecule has 0 saturated carbocycles. The number of phenolic OH excluding ortho intramolecular Hbond substituents is 1. The van der Waals surface area contributed by atoms with Gasteiger partial charge in [0.25, 0.3) is 0 Å². The summed E-state index contributed by atoms with van der Waals surface area (Å²) in [7, 11) is 0. The van der Waals surface area contributed by atoms with Gasteiger partial charge in [0.15, 0.2) is 0 Å². The number of allylic oxidation sites excluding steroid dienone is 2. The molecular formula is C15H15NO5. The molecule has 0 saturated heterocycles. The van der Waals surface area contributed by atoms with Gasteiger partial charge in [-0.15, -0.1) is 0 Å². The van der Waals surface area contributed by atoms with Crippen molar-refractivity contribution in [3.63, 3.8) is 0 Å². The van der Waals surface area contributed by atoms with Gasteiger partial charge in [-0.1, -0.05) is 12.1 Å². The molecular weight excluding hydrogens is 274 g/mol. The van der Waals surface area contributed by atoms with E-state index in [1.807, 2.05) is 0 Å². The van der Waals surface area contributed by atoms with Crippen LogP contribution in [0.3, 0.4) is 0 Å². The molecule has 1 unspecified atom stereocenters. The Kier molecular flexibility index (Phi) is 3.47. The van der Waals surface area contributed by atoms with E-state index in [1.54, 1.807) is 26.0 Å². The van der Waals surface area contributed by atoms with E-state index in [2.05, 4.69) is 5.32 Å². The van der Waals surface area contributed by atoms with Gasteiger partial charge in [-0.05, 0) is 43.2 Å². The second-order valence-electron chi connectivity index (χ2n) is 5.04. The normalized spacial score (nSPS) is 21.5. The minimum absolute atomic E-state index is 0.0822. The Bertz CT molecular complexity index is 672. The predicted octanol–water partition coefficient (Wildman–Crippen LogP) is 1.58. The van der Waals surface area contributed by atoms with Gasteiger partial charge in [-0.2, -0.15) is 0 Å². The maximum Gasteiger partial charge on any atom is 0.352 e. The zero-order valence-electron chi connectivity index (χ0n) is 11.5. The summed E-state index contributed by atoms with van der Waals surface area (Å²) in [6.45, 7) is 3.37. The van der Waals surface area contributed by atoms with Crippen LogP contribution in [0.1, 0.15) is 19.4 Å². The van der Waals surface area contributed by atoms with Crippen LogP contribution >= 0.6 is 0 Å². The predicted molar refractivity (Wildman–Crippen MR) is 74.6 cm³/mol. The Hall–Kier alpha value is -2.76. The summed E-state index contributed by atoms with van der Waals surface area (Å²) in [5.74, 6) is -2.37. The number of rotatable bonds is 3. The lowest BCUT2D eigenvalue weighted by atomic mass is 9.73. The number of hydrogen-bond donors (Lipinski definition) is 4. The van der Waals surface area contributed by atoms with Crippen molar-refractivity contribution in [2.45, 2.75) is 19.3 Å². The molecule has 1 heterocycles. The summed E-state index contributed by atoms with van der Waals surface area (Å²) in [6, 6.07) is 6.23. The molecule has 21 heavy (non-hydrogen) atoms. The highest BCUT2D eigenvalue weighted by atomic mass is 16.4. The number of aromatic hydroxyl groups is 1. The van der Waals surface area contributed by atoms with E-state index in [-0.39, 0.29) is 17.1 Å². The maximum atomic E-state index is 11.3. The number of nitrogens with one attached hydrogen (secondary N) is 1. The van der Waals surface area contributed by atoms with Gasteiger partial charge in [0, 0.05) is 5.41 Å². The summed E-state index contributed by atoms with van der Waals surface area (Å²) in [5.41, 5.74) is -0.0398. The lowest BCUT2D eigenvalue weighted by Gasteiger charge is -2.34. The molecule has 4 N–H and O–H groups in total. The van der Waals surface area contributed by atoms with Crippen LogP contribution in [-0.2, 0) is 15.0 Å². The second kappa shape index (κ2) is 4.97. The third-order valence-corrected chi connectivity index (χ3v) is 3.76. The SMILES string of the molecule is CC1=C(C(=O)O)NC(C(=O)O)=CC1(C)c1ccc(O)cc1. The van der Waals surface area contributed by atoms with Crippen LogP contribution in [0.2, 0.25) is 0 Å². The summed E-state index contributed by atoms with van der Waals surface area (Å²) in [4.78, 5) is 22.5. The first-order valence-electron chi connectivity index (χ1n) is 6.23. The largest absolute Gasteiger partial charge is 0.508 e. The smallest absolute Gasteiger partial charge is 0.352 e. The minimum Gasteiger partial charge on any atom is -0.508 e. The van der Waals surface area contributed by atoms with Crippen molar-refractivity contribution >= 4 is 11.9 Å². The monoisotopic (exact) mass is 289 g/mol. The fraction of sp³-hybridized carbons (Fsp3) is 0.200. The van der Waals surface area contributed by atoms with Crippen molar-refractivity contribution in [2.75, 3.05) is 0 Å².